The average molecular weight is 411 g/mol. The molecule has 134 valence electrons. The summed E-state index contributed by atoms with van der Waals surface area (Å²) in [7, 11) is -3.79. The first kappa shape index (κ1) is 18.5. The Kier molecular flexibility index (Phi) is 5.06. The Hall–Kier alpha value is -2.32. The van der Waals surface area contributed by atoms with E-state index in [1.807, 2.05) is 0 Å². The maximum atomic E-state index is 12.3. The maximum absolute atomic E-state index is 12.3. The molecule has 26 heavy (non-hydrogen) atoms. The lowest BCUT2D eigenvalue weighted by Gasteiger charge is -2.05. The quantitative estimate of drug-likeness (QED) is 0.673. The number of hydrogen-bond donors (Lipinski definition) is 2. The van der Waals surface area contributed by atoms with Crippen molar-refractivity contribution in [2.24, 2.45) is 5.14 Å². The van der Waals surface area contributed by atoms with E-state index in [0.717, 1.165) is 0 Å². The number of benzene rings is 2. The number of carbonyl (C=O) groups is 1. The van der Waals surface area contributed by atoms with Crippen LogP contribution in [0, 0.1) is 0 Å². The van der Waals surface area contributed by atoms with Crippen LogP contribution in [0.15, 0.2) is 63.9 Å². The summed E-state index contributed by atoms with van der Waals surface area (Å²) in [5.41, 5.74) is 0.955. The van der Waals surface area contributed by atoms with Gasteiger partial charge in [-0.3, -0.25) is 4.79 Å². The summed E-state index contributed by atoms with van der Waals surface area (Å²) in [6.45, 7) is 0. The number of primary sulfonamides is 1. The number of rotatable bonds is 4. The molecule has 9 heteroatoms. The first-order valence-electron chi connectivity index (χ1n) is 7.23. The summed E-state index contributed by atoms with van der Waals surface area (Å²) < 4.78 is 28.0. The fourth-order valence-electron chi connectivity index (χ4n) is 2.21. The van der Waals surface area contributed by atoms with E-state index in [2.05, 4.69) is 5.32 Å². The molecule has 0 unspecified atom stereocenters. The summed E-state index contributed by atoms with van der Waals surface area (Å²) >= 11 is 12.1. The van der Waals surface area contributed by atoms with E-state index in [9.17, 15) is 13.2 Å². The van der Waals surface area contributed by atoms with Crippen molar-refractivity contribution in [2.45, 2.75) is 4.90 Å². The van der Waals surface area contributed by atoms with E-state index < -0.39 is 15.9 Å². The van der Waals surface area contributed by atoms with E-state index in [0.29, 0.717) is 27.1 Å². The van der Waals surface area contributed by atoms with E-state index in [-0.39, 0.29) is 10.7 Å². The van der Waals surface area contributed by atoms with Crippen molar-refractivity contribution in [3.63, 3.8) is 0 Å². The van der Waals surface area contributed by atoms with Gasteiger partial charge in [0.1, 0.15) is 5.76 Å². The monoisotopic (exact) mass is 410 g/mol. The third-order valence-corrected chi connectivity index (χ3v) is 4.96. The third-order valence-electron chi connectivity index (χ3n) is 3.46. The summed E-state index contributed by atoms with van der Waals surface area (Å²) in [6.07, 6.45) is 0. The molecule has 3 rings (SSSR count). The molecule has 0 spiro atoms. The van der Waals surface area contributed by atoms with Crippen LogP contribution in [0.1, 0.15) is 10.6 Å². The maximum Gasteiger partial charge on any atom is 0.291 e. The summed E-state index contributed by atoms with van der Waals surface area (Å²) in [5, 5.41) is 8.56. The van der Waals surface area contributed by atoms with Gasteiger partial charge in [-0.15, -0.1) is 0 Å². The smallest absolute Gasteiger partial charge is 0.291 e. The number of sulfonamides is 1. The SMILES string of the molecule is NS(=O)(=O)c1ccc(NC(=O)c2ccc(-c3cc(Cl)ccc3Cl)o2)cc1. The Morgan fingerprint density at radius 3 is 2.35 bits per heavy atom. The first-order chi connectivity index (χ1) is 12.2. The van der Waals surface area contributed by atoms with Gasteiger partial charge in [0.15, 0.2) is 5.76 Å². The van der Waals surface area contributed by atoms with Gasteiger partial charge in [-0.25, -0.2) is 13.6 Å². The second kappa shape index (κ2) is 7.13. The van der Waals surface area contributed by atoms with Crippen LogP contribution in [-0.4, -0.2) is 14.3 Å². The molecule has 6 nitrogen and oxygen atoms in total. The number of nitrogens with one attached hydrogen (secondary N) is 1. The van der Waals surface area contributed by atoms with E-state index in [1.165, 1.54) is 30.3 Å². The molecule has 0 aliphatic heterocycles. The highest BCUT2D eigenvalue weighted by atomic mass is 35.5. The van der Waals surface area contributed by atoms with Crippen molar-refractivity contribution in [1.82, 2.24) is 0 Å². The minimum atomic E-state index is -3.79. The lowest BCUT2D eigenvalue weighted by Crippen LogP contribution is -2.13. The van der Waals surface area contributed by atoms with Crippen LogP contribution in [-0.2, 0) is 10.0 Å². The number of halogens is 2. The van der Waals surface area contributed by atoms with E-state index in [4.69, 9.17) is 32.8 Å². The highest BCUT2D eigenvalue weighted by Gasteiger charge is 2.15. The number of amides is 1. The number of hydrogen-bond acceptors (Lipinski definition) is 4. The normalized spacial score (nSPS) is 11.3. The van der Waals surface area contributed by atoms with Crippen LogP contribution in [0.5, 0.6) is 0 Å². The molecule has 0 bridgehead atoms. The van der Waals surface area contributed by atoms with Gasteiger partial charge < -0.3 is 9.73 Å². The van der Waals surface area contributed by atoms with Crippen molar-refractivity contribution >= 4 is 44.8 Å². The van der Waals surface area contributed by atoms with Crippen LogP contribution < -0.4 is 10.5 Å². The number of carbonyl (C=O) groups excluding carboxylic acids is 1. The zero-order valence-electron chi connectivity index (χ0n) is 13.1. The number of anilines is 1. The van der Waals surface area contributed by atoms with Crippen molar-refractivity contribution in [3.05, 3.63) is 70.4 Å². The summed E-state index contributed by atoms with van der Waals surface area (Å²) in [5.74, 6) is -0.0449. The molecule has 3 N–H and O–H groups in total. The van der Waals surface area contributed by atoms with Gasteiger partial charge in [0.2, 0.25) is 10.0 Å². The largest absolute Gasteiger partial charge is 0.451 e. The van der Waals surface area contributed by atoms with E-state index >= 15 is 0 Å². The van der Waals surface area contributed by atoms with Gasteiger partial charge in [-0.05, 0) is 54.6 Å². The molecular weight excluding hydrogens is 399 g/mol. The minimum Gasteiger partial charge on any atom is -0.451 e. The molecule has 0 fully saturated rings. The molecule has 1 aromatic heterocycles. The fourth-order valence-corrected chi connectivity index (χ4v) is 3.11. The van der Waals surface area contributed by atoms with Crippen LogP contribution in [0.25, 0.3) is 11.3 Å². The van der Waals surface area contributed by atoms with Crippen LogP contribution in [0.2, 0.25) is 10.0 Å². The first-order valence-corrected chi connectivity index (χ1v) is 9.54. The highest BCUT2D eigenvalue weighted by molar-refractivity contribution is 7.89. The van der Waals surface area contributed by atoms with Crippen LogP contribution >= 0.6 is 23.2 Å². The highest BCUT2D eigenvalue weighted by Crippen LogP contribution is 2.32. The van der Waals surface area contributed by atoms with Crippen LogP contribution in [0.4, 0.5) is 5.69 Å². The molecule has 1 heterocycles. The Labute approximate surface area is 159 Å². The number of furan rings is 1. The van der Waals surface area contributed by atoms with Crippen molar-refractivity contribution < 1.29 is 17.6 Å². The fraction of sp³-hybridized carbons (Fsp3) is 0. The van der Waals surface area contributed by atoms with Gasteiger partial charge >= 0.3 is 0 Å². The Bertz CT molecular complexity index is 1080. The second-order valence-corrected chi connectivity index (χ2v) is 7.72. The molecule has 0 saturated carbocycles. The second-order valence-electron chi connectivity index (χ2n) is 5.31. The number of nitrogens with two attached hydrogens (primary N) is 1. The topological polar surface area (TPSA) is 102 Å². The van der Waals surface area contributed by atoms with Crippen molar-refractivity contribution in [1.29, 1.82) is 0 Å². The molecule has 0 aliphatic carbocycles. The average Bonchev–Trinajstić information content (AvgIpc) is 3.07. The zero-order chi connectivity index (χ0) is 18.9. The van der Waals surface area contributed by atoms with E-state index in [1.54, 1.807) is 24.3 Å². The standard InChI is InChI=1S/C17H12Cl2N2O4S/c18-10-1-6-14(19)13(9-10)15-7-8-16(25-15)17(22)21-11-2-4-12(5-3-11)26(20,23)24/h1-9H,(H,21,22)(H2,20,23,24). The van der Waals surface area contributed by atoms with Gasteiger partial charge in [0.05, 0.1) is 9.92 Å². The molecule has 0 radical (unpaired) electrons. The Balaban J connectivity index is 1.79. The van der Waals surface area contributed by atoms with Gasteiger partial charge in [-0.2, -0.15) is 0 Å². The molecule has 1 amide bonds. The molecule has 3 aromatic rings. The Morgan fingerprint density at radius 2 is 1.69 bits per heavy atom. The third kappa shape index (κ3) is 4.08. The lowest BCUT2D eigenvalue weighted by atomic mass is 10.2. The minimum absolute atomic E-state index is 0.0496. The predicted octanol–water partition coefficient (Wildman–Crippen LogP) is 4.15. The summed E-state index contributed by atoms with van der Waals surface area (Å²) in [4.78, 5) is 12.2. The molecule has 0 aliphatic rings. The van der Waals surface area contributed by atoms with Gasteiger partial charge in [0, 0.05) is 16.3 Å². The lowest BCUT2D eigenvalue weighted by molar-refractivity contribution is 0.0997. The van der Waals surface area contributed by atoms with Gasteiger partial charge in [0.25, 0.3) is 5.91 Å². The van der Waals surface area contributed by atoms with Crippen LogP contribution in [0.3, 0.4) is 0 Å². The predicted molar refractivity (Wildman–Crippen MR) is 99.9 cm³/mol. The van der Waals surface area contributed by atoms with Gasteiger partial charge in [-0.1, -0.05) is 23.2 Å². The van der Waals surface area contributed by atoms with Crippen molar-refractivity contribution in [3.8, 4) is 11.3 Å². The summed E-state index contributed by atoms with van der Waals surface area (Å²) in [6, 6.07) is 13.5. The molecule has 0 saturated heterocycles. The molecule has 2 aromatic carbocycles. The zero-order valence-corrected chi connectivity index (χ0v) is 15.4. The molecular formula is C17H12Cl2N2O4S. The van der Waals surface area contributed by atoms with Crippen molar-refractivity contribution in [2.75, 3.05) is 5.32 Å². The Morgan fingerprint density at radius 1 is 1.00 bits per heavy atom. The molecule has 0 atom stereocenters.